The minimum Gasteiger partial charge on any atom is -0.497 e. The standard InChI is InChI=1S/C22H29N3O3/c1-17(24(2)16-18-5-4-6-21(15-18)27-3)22(26)23-19-7-9-20(10-8-19)25-11-13-28-14-12-25/h4-10,15,17H,11-14,16H2,1-3H3,(H,23,26)/t17-/m1/s1. The normalized spacial score (nSPS) is 15.4. The van der Waals surface area contributed by atoms with Crippen molar-refractivity contribution in [3.8, 4) is 5.75 Å². The van der Waals surface area contributed by atoms with Crippen LogP contribution in [0.2, 0.25) is 0 Å². The summed E-state index contributed by atoms with van der Waals surface area (Å²) in [6.07, 6.45) is 0. The van der Waals surface area contributed by atoms with Gasteiger partial charge in [-0.2, -0.15) is 0 Å². The lowest BCUT2D eigenvalue weighted by molar-refractivity contribution is -0.120. The first-order chi connectivity index (χ1) is 13.6. The topological polar surface area (TPSA) is 54.0 Å². The molecule has 1 saturated heterocycles. The number of carbonyl (C=O) groups is 1. The molecule has 1 heterocycles. The maximum absolute atomic E-state index is 12.6. The fraction of sp³-hybridized carbons (Fsp3) is 0.409. The summed E-state index contributed by atoms with van der Waals surface area (Å²) in [7, 11) is 3.61. The predicted octanol–water partition coefficient (Wildman–Crippen LogP) is 2.99. The number of hydrogen-bond acceptors (Lipinski definition) is 5. The average molecular weight is 383 g/mol. The molecule has 0 spiro atoms. The van der Waals surface area contributed by atoms with Crippen molar-refractivity contribution < 1.29 is 14.3 Å². The summed E-state index contributed by atoms with van der Waals surface area (Å²) in [6.45, 7) is 5.90. The first-order valence-electron chi connectivity index (χ1n) is 9.63. The fourth-order valence-corrected chi connectivity index (χ4v) is 3.22. The van der Waals surface area contributed by atoms with Gasteiger partial charge < -0.3 is 19.7 Å². The van der Waals surface area contributed by atoms with Crippen molar-refractivity contribution in [2.45, 2.75) is 19.5 Å². The molecule has 1 aliphatic rings. The Hall–Kier alpha value is -2.57. The van der Waals surface area contributed by atoms with Crippen molar-refractivity contribution in [3.63, 3.8) is 0 Å². The molecular weight excluding hydrogens is 354 g/mol. The van der Waals surface area contributed by atoms with Gasteiger partial charge in [-0.3, -0.25) is 9.69 Å². The maximum atomic E-state index is 12.6. The quantitative estimate of drug-likeness (QED) is 0.797. The van der Waals surface area contributed by atoms with Gasteiger partial charge in [-0.15, -0.1) is 0 Å². The third-order valence-corrected chi connectivity index (χ3v) is 5.12. The highest BCUT2D eigenvalue weighted by atomic mass is 16.5. The lowest BCUT2D eigenvalue weighted by Gasteiger charge is -2.29. The van der Waals surface area contributed by atoms with Gasteiger partial charge in [0.2, 0.25) is 5.91 Å². The zero-order valence-electron chi connectivity index (χ0n) is 16.9. The van der Waals surface area contributed by atoms with Crippen molar-refractivity contribution in [2.24, 2.45) is 0 Å². The van der Waals surface area contributed by atoms with Gasteiger partial charge in [-0.05, 0) is 55.9 Å². The second-order valence-electron chi connectivity index (χ2n) is 7.08. The average Bonchev–Trinajstić information content (AvgIpc) is 2.74. The molecular formula is C22H29N3O3. The van der Waals surface area contributed by atoms with Crippen LogP contribution in [-0.2, 0) is 16.1 Å². The van der Waals surface area contributed by atoms with Crippen LogP contribution in [0.25, 0.3) is 0 Å². The molecule has 2 aromatic rings. The Morgan fingerprint density at radius 1 is 1.21 bits per heavy atom. The first kappa shape index (κ1) is 20.2. The molecule has 3 rings (SSSR count). The summed E-state index contributed by atoms with van der Waals surface area (Å²) in [5.74, 6) is 0.799. The summed E-state index contributed by atoms with van der Waals surface area (Å²) < 4.78 is 10.7. The van der Waals surface area contributed by atoms with Crippen LogP contribution in [0, 0.1) is 0 Å². The Bertz CT molecular complexity index is 773. The predicted molar refractivity (Wildman–Crippen MR) is 112 cm³/mol. The van der Waals surface area contributed by atoms with Crippen LogP contribution >= 0.6 is 0 Å². The van der Waals surface area contributed by atoms with Gasteiger partial charge in [0.15, 0.2) is 0 Å². The Morgan fingerprint density at radius 3 is 2.61 bits per heavy atom. The van der Waals surface area contributed by atoms with Gasteiger partial charge >= 0.3 is 0 Å². The molecule has 1 N–H and O–H groups in total. The van der Waals surface area contributed by atoms with E-state index in [4.69, 9.17) is 9.47 Å². The molecule has 1 aliphatic heterocycles. The number of nitrogens with one attached hydrogen (secondary N) is 1. The van der Waals surface area contributed by atoms with Crippen LogP contribution in [0.4, 0.5) is 11.4 Å². The van der Waals surface area contributed by atoms with Gasteiger partial charge in [0, 0.05) is 31.0 Å². The molecule has 1 atom stereocenters. The van der Waals surface area contributed by atoms with Crippen LogP contribution in [0.5, 0.6) is 5.75 Å². The van der Waals surface area contributed by atoms with E-state index >= 15 is 0 Å². The largest absolute Gasteiger partial charge is 0.497 e. The Morgan fingerprint density at radius 2 is 1.93 bits per heavy atom. The smallest absolute Gasteiger partial charge is 0.241 e. The highest BCUT2D eigenvalue weighted by molar-refractivity contribution is 5.94. The van der Waals surface area contributed by atoms with E-state index in [9.17, 15) is 4.79 Å². The number of rotatable bonds is 7. The molecule has 0 aliphatic carbocycles. The first-order valence-corrected chi connectivity index (χ1v) is 9.63. The molecule has 1 fully saturated rings. The van der Waals surface area contributed by atoms with Crippen molar-refractivity contribution in [1.29, 1.82) is 0 Å². The molecule has 0 aromatic heterocycles. The zero-order chi connectivity index (χ0) is 19.9. The van der Waals surface area contributed by atoms with Gasteiger partial charge in [0.05, 0.1) is 26.4 Å². The Balaban J connectivity index is 1.55. The molecule has 6 heteroatoms. The summed E-state index contributed by atoms with van der Waals surface area (Å²) in [5.41, 5.74) is 3.07. The van der Waals surface area contributed by atoms with E-state index in [-0.39, 0.29) is 11.9 Å². The third-order valence-electron chi connectivity index (χ3n) is 5.12. The highest BCUT2D eigenvalue weighted by Gasteiger charge is 2.19. The monoisotopic (exact) mass is 383 g/mol. The number of amides is 1. The Labute approximate surface area is 167 Å². The number of hydrogen-bond donors (Lipinski definition) is 1. The molecule has 0 radical (unpaired) electrons. The van der Waals surface area contributed by atoms with E-state index in [0.717, 1.165) is 49.0 Å². The van der Waals surface area contributed by atoms with E-state index in [1.165, 1.54) is 0 Å². The van der Waals surface area contributed by atoms with Crippen molar-refractivity contribution in [3.05, 3.63) is 54.1 Å². The zero-order valence-corrected chi connectivity index (χ0v) is 16.9. The molecule has 150 valence electrons. The SMILES string of the molecule is COc1cccc(CN(C)[C@H](C)C(=O)Nc2ccc(N3CCOCC3)cc2)c1. The lowest BCUT2D eigenvalue weighted by atomic mass is 10.1. The van der Waals surface area contributed by atoms with E-state index in [1.807, 2.05) is 67.4 Å². The van der Waals surface area contributed by atoms with E-state index in [1.54, 1.807) is 7.11 Å². The van der Waals surface area contributed by atoms with Crippen LogP contribution in [0.1, 0.15) is 12.5 Å². The summed E-state index contributed by atoms with van der Waals surface area (Å²) in [4.78, 5) is 17.0. The second kappa shape index (κ2) is 9.57. The number of likely N-dealkylation sites (N-methyl/N-ethyl adjacent to an activating group) is 1. The second-order valence-corrected chi connectivity index (χ2v) is 7.08. The number of ether oxygens (including phenoxy) is 2. The van der Waals surface area contributed by atoms with E-state index in [2.05, 4.69) is 10.2 Å². The van der Waals surface area contributed by atoms with Crippen molar-refractivity contribution in [2.75, 3.05) is 50.7 Å². The van der Waals surface area contributed by atoms with Gasteiger partial charge in [0.25, 0.3) is 0 Å². The number of morpholine rings is 1. The van der Waals surface area contributed by atoms with E-state index in [0.29, 0.717) is 6.54 Å². The van der Waals surface area contributed by atoms with Gasteiger partial charge in [0.1, 0.15) is 5.75 Å². The van der Waals surface area contributed by atoms with Gasteiger partial charge in [-0.1, -0.05) is 12.1 Å². The molecule has 0 bridgehead atoms. The lowest BCUT2D eigenvalue weighted by Crippen LogP contribution is -2.39. The molecule has 6 nitrogen and oxygen atoms in total. The Kier molecular flexibility index (Phi) is 6.90. The molecule has 28 heavy (non-hydrogen) atoms. The molecule has 0 saturated carbocycles. The summed E-state index contributed by atoms with van der Waals surface area (Å²) in [5, 5.41) is 3.01. The number of carbonyl (C=O) groups excluding carboxylic acids is 1. The van der Waals surface area contributed by atoms with Crippen molar-refractivity contribution >= 4 is 17.3 Å². The van der Waals surface area contributed by atoms with E-state index < -0.39 is 0 Å². The van der Waals surface area contributed by atoms with Crippen LogP contribution in [0.3, 0.4) is 0 Å². The summed E-state index contributed by atoms with van der Waals surface area (Å²) in [6, 6.07) is 15.7. The fourth-order valence-electron chi connectivity index (χ4n) is 3.22. The minimum atomic E-state index is -0.259. The maximum Gasteiger partial charge on any atom is 0.241 e. The number of anilines is 2. The van der Waals surface area contributed by atoms with Crippen LogP contribution < -0.4 is 15.0 Å². The summed E-state index contributed by atoms with van der Waals surface area (Å²) >= 11 is 0. The molecule has 2 aromatic carbocycles. The minimum absolute atomic E-state index is 0.0236. The number of methoxy groups -OCH3 is 1. The third kappa shape index (κ3) is 5.24. The number of nitrogens with zero attached hydrogens (tertiary/aromatic N) is 2. The van der Waals surface area contributed by atoms with Crippen molar-refractivity contribution in [1.82, 2.24) is 4.90 Å². The molecule has 1 amide bonds. The number of benzene rings is 2. The van der Waals surface area contributed by atoms with Gasteiger partial charge in [-0.25, -0.2) is 0 Å². The van der Waals surface area contributed by atoms with Crippen LogP contribution in [0.15, 0.2) is 48.5 Å². The van der Waals surface area contributed by atoms with Crippen LogP contribution in [-0.4, -0.2) is 57.3 Å². The highest BCUT2D eigenvalue weighted by Crippen LogP contribution is 2.20. The molecule has 0 unspecified atom stereocenters.